The van der Waals surface area contributed by atoms with Gasteiger partial charge in [0.25, 0.3) is 0 Å². The van der Waals surface area contributed by atoms with Gasteiger partial charge in [-0.3, -0.25) is 4.90 Å². The van der Waals surface area contributed by atoms with Crippen molar-refractivity contribution in [1.29, 1.82) is 0 Å². The topological polar surface area (TPSA) is 35.5 Å². The lowest BCUT2D eigenvalue weighted by molar-refractivity contribution is -0.188. The maximum Gasteiger partial charge on any atom is 0.408 e. The van der Waals surface area contributed by atoms with Gasteiger partial charge in [0.1, 0.15) is 11.8 Å². The van der Waals surface area contributed by atoms with Crippen LogP contribution in [0.15, 0.2) is 18.2 Å². The van der Waals surface area contributed by atoms with E-state index in [2.05, 4.69) is 5.32 Å². The molecule has 1 saturated heterocycles. The Labute approximate surface area is 122 Å². The van der Waals surface area contributed by atoms with Gasteiger partial charge in [-0.1, -0.05) is 18.2 Å². The zero-order valence-corrected chi connectivity index (χ0v) is 11.9. The van der Waals surface area contributed by atoms with Gasteiger partial charge in [-0.05, 0) is 12.5 Å². The van der Waals surface area contributed by atoms with Crippen LogP contribution >= 0.6 is 12.4 Å². The number of phenols is 1. The third kappa shape index (κ3) is 3.56. The predicted molar refractivity (Wildman–Crippen MR) is 73.3 cm³/mol. The lowest BCUT2D eigenvalue weighted by Crippen LogP contribution is -2.49. The molecule has 0 aromatic heterocycles. The molecule has 1 aliphatic rings. The van der Waals surface area contributed by atoms with Crippen molar-refractivity contribution in [2.75, 3.05) is 26.2 Å². The van der Waals surface area contributed by atoms with Gasteiger partial charge in [-0.2, -0.15) is 13.2 Å². The van der Waals surface area contributed by atoms with Crippen LogP contribution in [0.2, 0.25) is 0 Å². The van der Waals surface area contributed by atoms with Gasteiger partial charge in [0.2, 0.25) is 0 Å². The third-order valence-electron chi connectivity index (χ3n) is 3.39. The van der Waals surface area contributed by atoms with E-state index in [-0.39, 0.29) is 23.7 Å². The summed E-state index contributed by atoms with van der Waals surface area (Å²) in [5, 5.41) is 12.9. The van der Waals surface area contributed by atoms with Crippen molar-refractivity contribution in [3.05, 3.63) is 29.3 Å². The molecule has 1 aromatic carbocycles. The van der Waals surface area contributed by atoms with Crippen molar-refractivity contribution in [1.82, 2.24) is 10.2 Å². The average Bonchev–Trinajstić information content (AvgIpc) is 2.35. The summed E-state index contributed by atoms with van der Waals surface area (Å²) in [6, 6.07) is 2.76. The Morgan fingerprint density at radius 2 is 1.85 bits per heavy atom. The van der Waals surface area contributed by atoms with Crippen LogP contribution in [0.3, 0.4) is 0 Å². The number of benzene rings is 1. The van der Waals surface area contributed by atoms with E-state index < -0.39 is 12.2 Å². The summed E-state index contributed by atoms with van der Waals surface area (Å²) in [6.45, 7) is 3.29. The Balaban J connectivity index is 0.00000200. The fourth-order valence-corrected chi connectivity index (χ4v) is 2.42. The van der Waals surface area contributed by atoms with Crippen LogP contribution in [0.25, 0.3) is 0 Å². The van der Waals surface area contributed by atoms with Crippen LogP contribution in [-0.4, -0.2) is 42.4 Å². The minimum Gasteiger partial charge on any atom is -0.507 e. The summed E-state index contributed by atoms with van der Waals surface area (Å²) in [5.74, 6) is -0.261. The fourth-order valence-electron chi connectivity index (χ4n) is 2.42. The lowest BCUT2D eigenvalue weighted by atomic mass is 10.00. The first-order valence-corrected chi connectivity index (χ1v) is 6.21. The molecule has 0 spiro atoms. The van der Waals surface area contributed by atoms with E-state index in [1.165, 1.54) is 11.0 Å². The molecule has 0 aliphatic carbocycles. The molecule has 0 unspecified atom stereocenters. The van der Waals surface area contributed by atoms with Gasteiger partial charge in [-0.15, -0.1) is 12.4 Å². The number of phenolic OH excluding ortho intramolecular Hbond substituents is 1. The lowest BCUT2D eigenvalue weighted by Gasteiger charge is -2.36. The molecule has 1 aliphatic heterocycles. The highest BCUT2D eigenvalue weighted by molar-refractivity contribution is 5.85. The van der Waals surface area contributed by atoms with E-state index in [9.17, 15) is 18.3 Å². The molecule has 7 heteroatoms. The quantitative estimate of drug-likeness (QED) is 0.881. The van der Waals surface area contributed by atoms with Crippen LogP contribution in [0.1, 0.15) is 17.2 Å². The monoisotopic (exact) mass is 310 g/mol. The van der Waals surface area contributed by atoms with E-state index in [0.29, 0.717) is 31.7 Å². The maximum atomic E-state index is 13.3. The zero-order valence-electron chi connectivity index (χ0n) is 11.1. The van der Waals surface area contributed by atoms with E-state index in [0.717, 1.165) is 0 Å². The van der Waals surface area contributed by atoms with Crippen molar-refractivity contribution in [2.24, 2.45) is 0 Å². The predicted octanol–water partition coefficient (Wildman–Crippen LogP) is 2.63. The maximum absolute atomic E-state index is 13.3. The van der Waals surface area contributed by atoms with Crippen LogP contribution < -0.4 is 5.32 Å². The van der Waals surface area contributed by atoms with Gasteiger partial charge in [0, 0.05) is 31.7 Å². The van der Waals surface area contributed by atoms with E-state index in [1.807, 2.05) is 0 Å². The second-order valence-electron chi connectivity index (χ2n) is 4.74. The number of rotatable bonds is 2. The van der Waals surface area contributed by atoms with Crippen molar-refractivity contribution in [2.45, 2.75) is 19.1 Å². The molecule has 3 nitrogen and oxygen atoms in total. The second-order valence-corrected chi connectivity index (χ2v) is 4.74. The number of nitrogens with zero attached hydrogens (tertiary/aromatic N) is 1. The van der Waals surface area contributed by atoms with Crippen molar-refractivity contribution >= 4 is 12.4 Å². The first-order valence-electron chi connectivity index (χ1n) is 6.21. The van der Waals surface area contributed by atoms with Crippen LogP contribution in [0.5, 0.6) is 5.75 Å². The molecular formula is C13H18ClF3N2O. The number of aromatic hydroxyl groups is 1. The Kier molecular flexibility index (Phi) is 5.68. The van der Waals surface area contributed by atoms with Gasteiger partial charge in [0.05, 0.1) is 0 Å². The summed E-state index contributed by atoms with van der Waals surface area (Å²) in [5.41, 5.74) is 0.399. The molecule has 0 radical (unpaired) electrons. The number of para-hydroxylation sites is 1. The molecule has 2 rings (SSSR count). The summed E-state index contributed by atoms with van der Waals surface area (Å²) in [7, 11) is 0. The normalized spacial score (nSPS) is 18.4. The van der Waals surface area contributed by atoms with Gasteiger partial charge >= 0.3 is 6.18 Å². The second kappa shape index (κ2) is 6.65. The Morgan fingerprint density at radius 3 is 2.40 bits per heavy atom. The fraction of sp³-hybridized carbons (Fsp3) is 0.538. The summed E-state index contributed by atoms with van der Waals surface area (Å²) in [4.78, 5) is 1.37. The number of aryl methyl sites for hydroxylation is 1. The SMILES string of the molecule is Cc1cccc([C@H](N2CCNCC2)C(F)(F)F)c1O.Cl. The molecule has 114 valence electrons. The molecule has 0 saturated carbocycles. The largest absolute Gasteiger partial charge is 0.507 e. The molecule has 0 bridgehead atoms. The third-order valence-corrected chi connectivity index (χ3v) is 3.39. The molecule has 1 heterocycles. The molecule has 1 atom stereocenters. The number of halogens is 4. The first-order chi connectivity index (χ1) is 8.91. The highest BCUT2D eigenvalue weighted by Crippen LogP contribution is 2.42. The van der Waals surface area contributed by atoms with Crippen LogP contribution in [0, 0.1) is 6.92 Å². The van der Waals surface area contributed by atoms with E-state index in [1.54, 1.807) is 19.1 Å². The van der Waals surface area contributed by atoms with Gasteiger partial charge in [-0.25, -0.2) is 0 Å². The standard InChI is InChI=1S/C13H17F3N2O.ClH/c1-9-3-2-4-10(11(9)19)12(13(14,15)16)18-7-5-17-6-8-18;/h2-4,12,17,19H,5-8H2,1H3;1H/t12-;/m0./s1. The molecule has 1 fully saturated rings. The Morgan fingerprint density at radius 1 is 1.25 bits per heavy atom. The van der Waals surface area contributed by atoms with Crippen molar-refractivity contribution in [3.63, 3.8) is 0 Å². The first kappa shape index (κ1) is 17.1. The molecule has 0 amide bonds. The number of hydrogen-bond donors (Lipinski definition) is 2. The van der Waals surface area contributed by atoms with Crippen LogP contribution in [-0.2, 0) is 0 Å². The summed E-state index contributed by atoms with van der Waals surface area (Å²) >= 11 is 0. The Hall–Kier alpha value is -0.980. The number of piperazine rings is 1. The molecule has 20 heavy (non-hydrogen) atoms. The summed E-state index contributed by atoms with van der Waals surface area (Å²) < 4.78 is 40.0. The number of hydrogen-bond acceptors (Lipinski definition) is 3. The number of alkyl halides is 3. The van der Waals surface area contributed by atoms with Crippen molar-refractivity contribution in [3.8, 4) is 5.75 Å². The zero-order chi connectivity index (χ0) is 14.0. The highest BCUT2D eigenvalue weighted by atomic mass is 35.5. The smallest absolute Gasteiger partial charge is 0.408 e. The van der Waals surface area contributed by atoms with E-state index in [4.69, 9.17) is 0 Å². The minimum absolute atomic E-state index is 0. The van der Waals surface area contributed by atoms with Crippen LogP contribution in [0.4, 0.5) is 13.2 Å². The summed E-state index contributed by atoms with van der Waals surface area (Å²) in [6.07, 6.45) is -4.40. The highest BCUT2D eigenvalue weighted by Gasteiger charge is 2.46. The molecule has 1 aromatic rings. The van der Waals surface area contributed by atoms with Gasteiger partial charge < -0.3 is 10.4 Å². The molecular weight excluding hydrogens is 293 g/mol. The van der Waals surface area contributed by atoms with Crippen molar-refractivity contribution < 1.29 is 18.3 Å². The van der Waals surface area contributed by atoms with Gasteiger partial charge in [0.15, 0.2) is 0 Å². The van der Waals surface area contributed by atoms with E-state index >= 15 is 0 Å². The molecule has 2 N–H and O–H groups in total. The number of nitrogens with one attached hydrogen (secondary N) is 1. The average molecular weight is 311 g/mol. The Bertz CT molecular complexity index is 448. The minimum atomic E-state index is -4.40.